The predicted octanol–water partition coefficient (Wildman–Crippen LogP) is 3.27. The first-order valence-electron chi connectivity index (χ1n) is 13.6. The molecule has 0 aromatic heterocycles. The van der Waals surface area contributed by atoms with Crippen LogP contribution in [0.25, 0.3) is 11.1 Å². The Balaban J connectivity index is 1.61. The molecule has 1 aliphatic rings. The molecule has 5 atom stereocenters. The number of carboxylic acids is 1. The second-order valence-corrected chi connectivity index (χ2v) is 10.1. The van der Waals surface area contributed by atoms with Crippen LogP contribution in [0.2, 0.25) is 0 Å². The largest absolute Gasteiger partial charge is 0.492 e. The van der Waals surface area contributed by atoms with Gasteiger partial charge >= 0.3 is 5.97 Å². The Bertz CT molecular complexity index is 1310. The molecule has 0 spiro atoms. The highest BCUT2D eigenvalue weighted by Gasteiger charge is 2.48. The van der Waals surface area contributed by atoms with Gasteiger partial charge in [-0.25, -0.2) is 4.79 Å². The summed E-state index contributed by atoms with van der Waals surface area (Å²) in [4.78, 5) is 13.5. The minimum absolute atomic E-state index is 0.307. The van der Waals surface area contributed by atoms with E-state index in [0.717, 1.165) is 46.6 Å². The molecule has 0 aliphatic carbocycles. The Morgan fingerprint density at radius 3 is 1.98 bits per heavy atom. The smallest absolute Gasteiger partial charge is 0.335 e. The first-order valence-corrected chi connectivity index (χ1v) is 13.6. The molecule has 0 radical (unpaired) electrons. The fourth-order valence-corrected chi connectivity index (χ4v) is 4.73. The number of aliphatic carboxylic acids is 1. The number of aliphatic hydroxyl groups is 3. The number of likely N-dealkylation sites (N-methyl/N-ethyl adjacent to an activating group) is 1. The third kappa shape index (κ3) is 7.32. The molecule has 0 unspecified atom stereocenters. The van der Waals surface area contributed by atoms with E-state index in [1.165, 1.54) is 0 Å². The molecule has 4 N–H and O–H groups in total. The minimum Gasteiger partial charge on any atom is -0.492 e. The average molecular weight is 564 g/mol. The molecular formula is C32H37NO8. The second kappa shape index (κ2) is 13.8. The van der Waals surface area contributed by atoms with Crippen molar-refractivity contribution < 1.29 is 39.4 Å². The molecule has 9 nitrogen and oxygen atoms in total. The minimum atomic E-state index is -1.78. The molecule has 3 aromatic rings. The summed E-state index contributed by atoms with van der Waals surface area (Å²) in [5, 5.41) is 39.6. The van der Waals surface area contributed by atoms with Gasteiger partial charge in [0.2, 0.25) is 6.29 Å². The number of ether oxygens (including phenoxy) is 3. The van der Waals surface area contributed by atoms with Gasteiger partial charge in [-0.05, 0) is 72.6 Å². The van der Waals surface area contributed by atoms with Crippen molar-refractivity contribution in [3.8, 4) is 11.5 Å². The summed E-state index contributed by atoms with van der Waals surface area (Å²) in [6, 6.07) is 25.3. The number of carbonyl (C=O) groups is 1. The van der Waals surface area contributed by atoms with Crippen molar-refractivity contribution in [1.82, 2.24) is 4.90 Å². The van der Waals surface area contributed by atoms with Gasteiger partial charge < -0.3 is 39.5 Å². The van der Waals surface area contributed by atoms with E-state index in [0.29, 0.717) is 12.4 Å². The highest BCUT2D eigenvalue weighted by atomic mass is 16.7. The van der Waals surface area contributed by atoms with Crippen LogP contribution in [0.3, 0.4) is 0 Å². The van der Waals surface area contributed by atoms with Gasteiger partial charge in [0.05, 0.1) is 0 Å². The summed E-state index contributed by atoms with van der Waals surface area (Å²) >= 11 is 0. The maximum Gasteiger partial charge on any atom is 0.335 e. The van der Waals surface area contributed by atoms with Crippen molar-refractivity contribution in [2.24, 2.45) is 0 Å². The number of rotatable bonds is 11. The number of aliphatic hydroxyl groups excluding tert-OH is 3. The van der Waals surface area contributed by atoms with Gasteiger partial charge in [0.1, 0.15) is 36.4 Å². The fraction of sp³-hybridized carbons (Fsp3) is 0.344. The van der Waals surface area contributed by atoms with Gasteiger partial charge in [-0.15, -0.1) is 0 Å². The molecule has 41 heavy (non-hydrogen) atoms. The molecule has 0 saturated carbocycles. The summed E-state index contributed by atoms with van der Waals surface area (Å²) in [6.07, 6.45) is -7.62. The maximum absolute atomic E-state index is 11.4. The van der Waals surface area contributed by atoms with E-state index in [1.807, 2.05) is 56.6 Å². The number of carboxylic acid groups (broad SMARTS) is 1. The highest BCUT2D eigenvalue weighted by molar-refractivity contribution is 5.98. The monoisotopic (exact) mass is 563 g/mol. The van der Waals surface area contributed by atoms with Gasteiger partial charge in [-0.3, -0.25) is 0 Å². The lowest BCUT2D eigenvalue weighted by Gasteiger charge is -2.38. The van der Waals surface area contributed by atoms with E-state index in [-0.39, 0.29) is 0 Å². The third-order valence-electron chi connectivity index (χ3n) is 6.94. The average Bonchev–Trinajstić information content (AvgIpc) is 2.97. The predicted molar refractivity (Wildman–Crippen MR) is 155 cm³/mol. The van der Waals surface area contributed by atoms with Crippen molar-refractivity contribution in [2.45, 2.75) is 44.1 Å². The Kier molecular flexibility index (Phi) is 10.1. The quantitative estimate of drug-likeness (QED) is 0.260. The standard InChI is InChI=1S/C32H37NO8/c1-4-25(20-10-16-24(17-11-20)40-32-29(36)27(34)28(35)30(41-32)31(37)38)26(21-8-6-5-7-9-21)22-12-14-23(15-13-22)39-19-18-33(2)3/h5-17,27-30,32,34-36H,4,18-19H2,1-3H3,(H,37,38)/b26-25-/t27-,28-,29+,30-,32+/m0/s1. The van der Waals surface area contributed by atoms with Crippen LogP contribution in [0.5, 0.6) is 11.5 Å². The summed E-state index contributed by atoms with van der Waals surface area (Å²) in [6.45, 7) is 3.51. The summed E-state index contributed by atoms with van der Waals surface area (Å²) < 4.78 is 16.8. The van der Waals surface area contributed by atoms with Gasteiger partial charge in [0.15, 0.2) is 6.10 Å². The zero-order valence-corrected chi connectivity index (χ0v) is 23.4. The van der Waals surface area contributed by atoms with Gasteiger partial charge in [-0.1, -0.05) is 61.5 Å². The topological polar surface area (TPSA) is 129 Å². The van der Waals surface area contributed by atoms with Crippen LogP contribution in [0.15, 0.2) is 78.9 Å². The van der Waals surface area contributed by atoms with Gasteiger partial charge in [0, 0.05) is 6.54 Å². The zero-order chi connectivity index (χ0) is 29.5. The maximum atomic E-state index is 11.4. The van der Waals surface area contributed by atoms with Crippen molar-refractivity contribution in [2.75, 3.05) is 27.2 Å². The van der Waals surface area contributed by atoms with E-state index in [1.54, 1.807) is 12.1 Å². The molecule has 4 rings (SSSR count). The first-order chi connectivity index (χ1) is 19.7. The van der Waals surface area contributed by atoms with E-state index < -0.39 is 36.7 Å². The van der Waals surface area contributed by atoms with Crippen LogP contribution in [0, 0.1) is 0 Å². The third-order valence-corrected chi connectivity index (χ3v) is 6.94. The van der Waals surface area contributed by atoms with Crippen LogP contribution in [-0.2, 0) is 9.53 Å². The van der Waals surface area contributed by atoms with E-state index >= 15 is 0 Å². The van der Waals surface area contributed by atoms with E-state index in [2.05, 4.69) is 36.1 Å². The Morgan fingerprint density at radius 2 is 1.39 bits per heavy atom. The molecule has 1 fully saturated rings. The normalized spacial score (nSPS) is 23.1. The van der Waals surface area contributed by atoms with Gasteiger partial charge in [0.25, 0.3) is 0 Å². The van der Waals surface area contributed by atoms with E-state index in [9.17, 15) is 25.2 Å². The SMILES string of the molecule is CC/C(=C(\c1ccccc1)c1ccc(OCCN(C)C)cc1)c1ccc(O[C@@H]2O[C@H](C(=O)O)[C@@H](O)[C@H](O)[C@H]2O)cc1. The molecule has 3 aromatic carbocycles. The highest BCUT2D eigenvalue weighted by Crippen LogP contribution is 2.36. The second-order valence-electron chi connectivity index (χ2n) is 10.1. The Hall–Kier alpha value is -3.73. The number of nitrogens with zero attached hydrogens (tertiary/aromatic N) is 1. The molecule has 9 heteroatoms. The van der Waals surface area contributed by atoms with Crippen molar-refractivity contribution >= 4 is 17.1 Å². The van der Waals surface area contributed by atoms with Crippen LogP contribution < -0.4 is 9.47 Å². The summed E-state index contributed by atoms with van der Waals surface area (Å²) in [5.41, 5.74) is 5.24. The van der Waals surface area contributed by atoms with Crippen LogP contribution in [0.4, 0.5) is 0 Å². The lowest BCUT2D eigenvalue weighted by Crippen LogP contribution is -2.61. The zero-order valence-electron chi connectivity index (χ0n) is 23.4. The van der Waals surface area contributed by atoms with Crippen LogP contribution >= 0.6 is 0 Å². The summed E-state index contributed by atoms with van der Waals surface area (Å²) in [5.74, 6) is -0.356. The van der Waals surface area contributed by atoms with Crippen LogP contribution in [-0.4, -0.2) is 89.2 Å². The van der Waals surface area contributed by atoms with Crippen molar-refractivity contribution in [1.29, 1.82) is 0 Å². The molecule has 1 heterocycles. The number of benzene rings is 3. The Morgan fingerprint density at radius 1 is 0.805 bits per heavy atom. The number of allylic oxidation sites excluding steroid dienone is 1. The summed E-state index contributed by atoms with van der Waals surface area (Å²) in [7, 11) is 4.01. The molecule has 0 bridgehead atoms. The molecule has 0 amide bonds. The molecule has 1 saturated heterocycles. The van der Waals surface area contributed by atoms with Crippen molar-refractivity contribution in [3.63, 3.8) is 0 Å². The van der Waals surface area contributed by atoms with Crippen LogP contribution in [0.1, 0.15) is 30.0 Å². The lowest BCUT2D eigenvalue weighted by atomic mass is 9.88. The number of hydrogen-bond acceptors (Lipinski definition) is 8. The number of hydrogen-bond donors (Lipinski definition) is 4. The first kappa shape index (κ1) is 30.2. The van der Waals surface area contributed by atoms with E-state index in [4.69, 9.17) is 14.2 Å². The molecular weight excluding hydrogens is 526 g/mol. The Labute approximate surface area is 239 Å². The molecule has 218 valence electrons. The molecule has 1 aliphatic heterocycles. The lowest BCUT2D eigenvalue weighted by molar-refractivity contribution is -0.271. The van der Waals surface area contributed by atoms with Crippen molar-refractivity contribution in [3.05, 3.63) is 95.6 Å². The van der Waals surface area contributed by atoms with Gasteiger partial charge in [-0.2, -0.15) is 0 Å². The fourth-order valence-electron chi connectivity index (χ4n) is 4.73.